The number of benzene rings is 2. The number of rotatable bonds is 14. The van der Waals surface area contributed by atoms with Gasteiger partial charge in [0, 0.05) is 6.54 Å². The fourth-order valence-electron chi connectivity index (χ4n) is 4.12. The van der Waals surface area contributed by atoms with Gasteiger partial charge < -0.3 is 23.0 Å². The lowest BCUT2D eigenvalue weighted by Crippen LogP contribution is -2.05. The molecular formula is C32H29N3O7. The maximum atomic E-state index is 12.1. The number of hydrogen-bond donors (Lipinski definition) is 0. The monoisotopic (exact) mass is 567 g/mol. The molecule has 0 aliphatic rings. The summed E-state index contributed by atoms with van der Waals surface area (Å²) in [4.78, 5) is 23.9. The van der Waals surface area contributed by atoms with Gasteiger partial charge in [-0.1, -0.05) is 29.5 Å². The molecule has 5 rings (SSSR count). The standard InChI is InChI=1S/C32H29N3O7/c1-38-31-19-23(10-12-25(36)13-14-26-7-6-18-39-26)11-15-29(31)41-22-24-21-35(34-33-24)16-4-5-17-40-30-20-32(37)42-28-9-3-2-8-27(28)30/h2-3,6-15,18-21H,4-5,16-17,22H2,1H3/b12-10+,14-13+. The molecule has 5 aromatic rings. The third-order valence-corrected chi connectivity index (χ3v) is 6.20. The van der Waals surface area contributed by atoms with Crippen LogP contribution in [0.15, 0.2) is 98.9 Å². The molecule has 10 heteroatoms. The molecule has 0 atom stereocenters. The van der Waals surface area contributed by atoms with Gasteiger partial charge in [-0.15, -0.1) is 5.10 Å². The molecule has 10 nitrogen and oxygen atoms in total. The van der Waals surface area contributed by atoms with Crippen LogP contribution in [-0.4, -0.2) is 34.5 Å². The number of nitrogens with zero attached hydrogens (tertiary/aromatic N) is 3. The summed E-state index contributed by atoms with van der Waals surface area (Å²) in [6.45, 7) is 1.33. The number of hydrogen-bond acceptors (Lipinski definition) is 9. The van der Waals surface area contributed by atoms with Crippen molar-refractivity contribution in [3.63, 3.8) is 0 Å². The van der Waals surface area contributed by atoms with Gasteiger partial charge in [0.1, 0.15) is 29.4 Å². The number of ether oxygens (including phenoxy) is 3. The Morgan fingerprint density at radius 2 is 1.83 bits per heavy atom. The van der Waals surface area contributed by atoms with Crippen molar-refractivity contribution in [2.24, 2.45) is 0 Å². The Balaban J connectivity index is 1.07. The number of furan rings is 1. The van der Waals surface area contributed by atoms with Crippen molar-refractivity contribution < 1.29 is 27.8 Å². The average molecular weight is 568 g/mol. The van der Waals surface area contributed by atoms with Crippen LogP contribution < -0.4 is 19.8 Å². The number of fused-ring (bicyclic) bond motifs is 1. The predicted octanol–water partition coefficient (Wildman–Crippen LogP) is 5.72. The summed E-state index contributed by atoms with van der Waals surface area (Å²) in [7, 11) is 1.56. The molecule has 0 fully saturated rings. The van der Waals surface area contributed by atoms with Crippen LogP contribution in [-0.2, 0) is 17.9 Å². The minimum Gasteiger partial charge on any atom is -0.493 e. The second-order valence-electron chi connectivity index (χ2n) is 9.24. The van der Waals surface area contributed by atoms with E-state index < -0.39 is 5.63 Å². The number of carbonyl (C=O) groups excluding carboxylic acids is 1. The summed E-state index contributed by atoms with van der Waals surface area (Å²) in [5.41, 5.74) is 1.53. The first kappa shape index (κ1) is 28.2. The van der Waals surface area contributed by atoms with E-state index in [1.54, 1.807) is 60.5 Å². The van der Waals surface area contributed by atoms with Crippen molar-refractivity contribution in [2.75, 3.05) is 13.7 Å². The van der Waals surface area contributed by atoms with Crippen LogP contribution in [0.4, 0.5) is 0 Å². The van der Waals surface area contributed by atoms with Crippen molar-refractivity contribution in [3.8, 4) is 17.2 Å². The summed E-state index contributed by atoms with van der Waals surface area (Å²) in [5, 5.41) is 9.13. The largest absolute Gasteiger partial charge is 0.493 e. The molecule has 3 aromatic heterocycles. The van der Waals surface area contributed by atoms with E-state index >= 15 is 0 Å². The molecule has 0 aliphatic heterocycles. The van der Waals surface area contributed by atoms with Gasteiger partial charge in [0.05, 0.1) is 37.6 Å². The minimum absolute atomic E-state index is 0.166. The zero-order valence-corrected chi connectivity index (χ0v) is 23.0. The average Bonchev–Trinajstić information content (AvgIpc) is 3.70. The van der Waals surface area contributed by atoms with Gasteiger partial charge in [0.25, 0.3) is 0 Å². The summed E-state index contributed by atoms with van der Waals surface area (Å²) in [5.74, 6) is 2.05. The van der Waals surface area contributed by atoms with E-state index in [4.69, 9.17) is 23.0 Å². The molecular weight excluding hydrogens is 538 g/mol. The van der Waals surface area contributed by atoms with Crippen LogP contribution in [0.2, 0.25) is 0 Å². The number of ketones is 1. The number of aryl methyl sites for hydroxylation is 1. The summed E-state index contributed by atoms with van der Waals surface area (Å²) in [6, 6.07) is 17.6. The zero-order chi connectivity index (χ0) is 29.1. The van der Waals surface area contributed by atoms with Crippen molar-refractivity contribution in [1.29, 1.82) is 0 Å². The van der Waals surface area contributed by atoms with Crippen molar-refractivity contribution >= 4 is 28.9 Å². The Hall–Kier alpha value is -5.38. The Morgan fingerprint density at radius 1 is 0.952 bits per heavy atom. The molecule has 0 saturated heterocycles. The van der Waals surface area contributed by atoms with E-state index in [0.717, 1.165) is 23.8 Å². The van der Waals surface area contributed by atoms with Crippen molar-refractivity contribution in [3.05, 3.63) is 113 Å². The molecule has 0 amide bonds. The Labute approximate surface area is 241 Å². The maximum absolute atomic E-state index is 12.1. The Morgan fingerprint density at radius 3 is 2.69 bits per heavy atom. The lowest BCUT2D eigenvalue weighted by Gasteiger charge is -2.10. The van der Waals surface area contributed by atoms with Crippen LogP contribution in [0, 0.1) is 0 Å². The first-order valence-electron chi connectivity index (χ1n) is 13.4. The molecule has 214 valence electrons. The van der Waals surface area contributed by atoms with Gasteiger partial charge >= 0.3 is 5.63 Å². The van der Waals surface area contributed by atoms with Crippen LogP contribution in [0.25, 0.3) is 23.1 Å². The highest BCUT2D eigenvalue weighted by molar-refractivity contribution is 6.04. The second kappa shape index (κ2) is 13.8. The second-order valence-corrected chi connectivity index (χ2v) is 9.24. The van der Waals surface area contributed by atoms with Crippen LogP contribution in [0.3, 0.4) is 0 Å². The highest BCUT2D eigenvalue weighted by atomic mass is 16.5. The quantitative estimate of drug-likeness (QED) is 0.0943. The Bertz CT molecular complexity index is 1750. The smallest absolute Gasteiger partial charge is 0.339 e. The molecule has 0 N–H and O–H groups in total. The first-order valence-corrected chi connectivity index (χ1v) is 13.4. The van der Waals surface area contributed by atoms with E-state index in [1.807, 2.05) is 30.5 Å². The topological polar surface area (TPSA) is 119 Å². The highest BCUT2D eigenvalue weighted by Crippen LogP contribution is 2.29. The maximum Gasteiger partial charge on any atom is 0.339 e. The number of para-hydroxylation sites is 1. The van der Waals surface area contributed by atoms with E-state index in [-0.39, 0.29) is 12.4 Å². The molecule has 0 unspecified atom stereocenters. The van der Waals surface area contributed by atoms with Crippen LogP contribution in [0.5, 0.6) is 17.2 Å². The summed E-state index contributed by atoms with van der Waals surface area (Å²) >= 11 is 0. The zero-order valence-electron chi connectivity index (χ0n) is 23.0. The molecule has 42 heavy (non-hydrogen) atoms. The fraction of sp³-hybridized carbons (Fsp3) is 0.188. The Kier molecular flexibility index (Phi) is 9.25. The molecule has 0 aliphatic carbocycles. The van der Waals surface area contributed by atoms with Gasteiger partial charge in [-0.3, -0.25) is 9.48 Å². The van der Waals surface area contributed by atoms with E-state index in [2.05, 4.69) is 10.3 Å². The molecule has 0 radical (unpaired) electrons. The lowest BCUT2D eigenvalue weighted by atomic mass is 10.1. The number of aromatic nitrogens is 3. The number of allylic oxidation sites excluding steroid dienone is 2. The lowest BCUT2D eigenvalue weighted by molar-refractivity contribution is -0.110. The van der Waals surface area contributed by atoms with Crippen molar-refractivity contribution in [2.45, 2.75) is 26.0 Å². The summed E-state index contributed by atoms with van der Waals surface area (Å²) < 4.78 is 29.4. The van der Waals surface area contributed by atoms with Gasteiger partial charge in [-0.2, -0.15) is 0 Å². The van der Waals surface area contributed by atoms with Gasteiger partial charge in [0.15, 0.2) is 17.3 Å². The van der Waals surface area contributed by atoms with Gasteiger partial charge in [-0.25, -0.2) is 4.79 Å². The SMILES string of the molecule is COc1cc(/C=C/C(=O)/C=C/c2ccco2)ccc1OCc1cn(CCCCOc2cc(=O)oc3ccccc23)nn1. The van der Waals surface area contributed by atoms with Crippen LogP contribution >= 0.6 is 0 Å². The molecule has 0 bridgehead atoms. The van der Waals surface area contributed by atoms with E-state index in [9.17, 15) is 9.59 Å². The van der Waals surface area contributed by atoms with Crippen LogP contribution in [0.1, 0.15) is 29.9 Å². The minimum atomic E-state index is -0.437. The summed E-state index contributed by atoms with van der Waals surface area (Å²) in [6.07, 6.45) is 11.2. The number of unbranched alkanes of at least 4 members (excludes halogenated alkanes) is 1. The predicted molar refractivity (Wildman–Crippen MR) is 156 cm³/mol. The normalized spacial score (nSPS) is 11.5. The van der Waals surface area contributed by atoms with E-state index in [0.29, 0.717) is 47.4 Å². The molecule has 3 heterocycles. The fourth-order valence-corrected chi connectivity index (χ4v) is 4.12. The highest BCUT2D eigenvalue weighted by Gasteiger charge is 2.09. The number of methoxy groups -OCH3 is 1. The van der Waals surface area contributed by atoms with Crippen molar-refractivity contribution in [1.82, 2.24) is 15.0 Å². The first-order chi connectivity index (χ1) is 20.6. The molecule has 2 aromatic carbocycles. The third kappa shape index (κ3) is 7.63. The molecule has 0 saturated carbocycles. The van der Waals surface area contributed by atoms with Gasteiger partial charge in [0.2, 0.25) is 0 Å². The van der Waals surface area contributed by atoms with E-state index in [1.165, 1.54) is 18.2 Å². The number of carbonyl (C=O) groups is 1. The molecule has 0 spiro atoms. The third-order valence-electron chi connectivity index (χ3n) is 6.20. The van der Waals surface area contributed by atoms with Gasteiger partial charge in [-0.05, 0) is 73.0 Å².